The number of nitrogens with zero attached hydrogens (tertiary/aromatic N) is 1. The second kappa shape index (κ2) is 7.51. The SMILES string of the molecule is C=Cc1cc2ccc(OC)cc2nc1O[C@H]1CN[C@H](C(=O)O)C1.Cl. The van der Waals surface area contributed by atoms with Crippen molar-refractivity contribution in [3.05, 3.63) is 36.4 Å². The molecule has 1 aliphatic heterocycles. The largest absolute Gasteiger partial charge is 0.497 e. The van der Waals surface area contributed by atoms with Crippen molar-refractivity contribution in [3.63, 3.8) is 0 Å². The summed E-state index contributed by atoms with van der Waals surface area (Å²) in [6.45, 7) is 4.27. The summed E-state index contributed by atoms with van der Waals surface area (Å²) in [7, 11) is 1.60. The van der Waals surface area contributed by atoms with Crippen molar-refractivity contribution in [1.29, 1.82) is 0 Å². The molecule has 2 heterocycles. The van der Waals surface area contributed by atoms with E-state index in [9.17, 15) is 4.79 Å². The van der Waals surface area contributed by atoms with Gasteiger partial charge in [0.05, 0.1) is 12.6 Å². The second-order valence-electron chi connectivity index (χ2n) is 5.42. The first-order chi connectivity index (χ1) is 11.1. The molecule has 6 nitrogen and oxygen atoms in total. The number of halogens is 1. The van der Waals surface area contributed by atoms with Crippen molar-refractivity contribution in [2.24, 2.45) is 0 Å². The zero-order valence-electron chi connectivity index (χ0n) is 13.2. The number of ether oxygens (including phenoxy) is 2. The Hall–Kier alpha value is -2.31. The topological polar surface area (TPSA) is 80.7 Å². The van der Waals surface area contributed by atoms with Crippen LogP contribution in [0.1, 0.15) is 12.0 Å². The molecule has 0 radical (unpaired) electrons. The Bertz CT molecular complexity index is 766. The van der Waals surface area contributed by atoms with Gasteiger partial charge in [0, 0.05) is 30.0 Å². The van der Waals surface area contributed by atoms with Crippen LogP contribution in [-0.4, -0.2) is 41.9 Å². The highest BCUT2D eigenvalue weighted by atomic mass is 35.5. The van der Waals surface area contributed by atoms with E-state index in [0.717, 1.165) is 22.2 Å². The van der Waals surface area contributed by atoms with Crippen LogP contribution < -0.4 is 14.8 Å². The van der Waals surface area contributed by atoms with Crippen LogP contribution in [0.3, 0.4) is 0 Å². The van der Waals surface area contributed by atoms with Crippen molar-refractivity contribution in [2.75, 3.05) is 13.7 Å². The first kappa shape index (κ1) is 18.0. The van der Waals surface area contributed by atoms with Gasteiger partial charge < -0.3 is 19.9 Å². The van der Waals surface area contributed by atoms with Crippen LogP contribution in [0.4, 0.5) is 0 Å². The van der Waals surface area contributed by atoms with Crippen LogP contribution in [0.5, 0.6) is 11.6 Å². The Morgan fingerprint density at radius 2 is 2.25 bits per heavy atom. The maximum absolute atomic E-state index is 11.0. The maximum Gasteiger partial charge on any atom is 0.320 e. The van der Waals surface area contributed by atoms with Crippen LogP contribution >= 0.6 is 12.4 Å². The monoisotopic (exact) mass is 350 g/mol. The standard InChI is InChI=1S/C17H18N2O4.ClH/c1-3-10-6-11-4-5-12(22-2)7-14(11)19-16(10)23-13-8-15(17(20)21)18-9-13;/h3-7,13,15,18H,1,8-9H2,2H3,(H,20,21);1H/t13-,15+;/m1./s1. The number of hydrogen-bond donors (Lipinski definition) is 2. The molecule has 0 amide bonds. The molecule has 0 aliphatic carbocycles. The average molecular weight is 351 g/mol. The molecule has 7 heteroatoms. The minimum atomic E-state index is -0.865. The van der Waals surface area contributed by atoms with Crippen LogP contribution in [-0.2, 0) is 4.79 Å². The Labute approximate surface area is 145 Å². The number of nitrogens with one attached hydrogen (secondary N) is 1. The highest BCUT2D eigenvalue weighted by Crippen LogP contribution is 2.27. The molecule has 0 saturated carbocycles. The van der Waals surface area contributed by atoms with Crippen molar-refractivity contribution < 1.29 is 19.4 Å². The number of fused-ring (bicyclic) bond motifs is 1. The van der Waals surface area contributed by atoms with Crippen LogP contribution in [0.15, 0.2) is 30.8 Å². The summed E-state index contributed by atoms with van der Waals surface area (Å²) >= 11 is 0. The van der Waals surface area contributed by atoms with E-state index in [2.05, 4.69) is 16.9 Å². The zero-order valence-corrected chi connectivity index (χ0v) is 14.0. The van der Waals surface area contributed by atoms with Gasteiger partial charge in [-0.15, -0.1) is 12.4 Å². The number of pyridine rings is 1. The molecule has 24 heavy (non-hydrogen) atoms. The molecule has 0 unspecified atom stereocenters. The third kappa shape index (κ3) is 3.60. The van der Waals surface area contributed by atoms with E-state index in [1.165, 1.54) is 0 Å². The van der Waals surface area contributed by atoms with E-state index in [-0.39, 0.29) is 18.5 Å². The van der Waals surface area contributed by atoms with Crippen molar-refractivity contribution in [1.82, 2.24) is 10.3 Å². The van der Waals surface area contributed by atoms with Crippen molar-refractivity contribution in [2.45, 2.75) is 18.6 Å². The third-order valence-corrected chi connectivity index (χ3v) is 3.90. The van der Waals surface area contributed by atoms with E-state index < -0.39 is 12.0 Å². The number of methoxy groups -OCH3 is 1. The number of aromatic nitrogens is 1. The summed E-state index contributed by atoms with van der Waals surface area (Å²) in [4.78, 5) is 15.5. The van der Waals surface area contributed by atoms with Gasteiger partial charge in [-0.25, -0.2) is 4.98 Å². The number of aliphatic carboxylic acids is 1. The summed E-state index contributed by atoms with van der Waals surface area (Å²) in [6, 6.07) is 7.00. The van der Waals surface area contributed by atoms with Crippen LogP contribution in [0.25, 0.3) is 17.0 Å². The van der Waals surface area contributed by atoms with Gasteiger partial charge in [0.25, 0.3) is 0 Å². The lowest BCUT2D eigenvalue weighted by molar-refractivity contribution is -0.139. The molecule has 128 valence electrons. The Morgan fingerprint density at radius 3 is 2.88 bits per heavy atom. The third-order valence-electron chi connectivity index (χ3n) is 3.90. The minimum Gasteiger partial charge on any atom is -0.497 e. The molecule has 2 N–H and O–H groups in total. The molecule has 0 bridgehead atoms. The summed E-state index contributed by atoms with van der Waals surface area (Å²) in [5.41, 5.74) is 1.53. The lowest BCUT2D eigenvalue weighted by Crippen LogP contribution is -2.30. The molecular formula is C17H19ClN2O4. The number of benzene rings is 1. The van der Waals surface area contributed by atoms with Gasteiger partial charge in [0.1, 0.15) is 17.9 Å². The van der Waals surface area contributed by atoms with E-state index >= 15 is 0 Å². The van der Waals surface area contributed by atoms with Gasteiger partial charge in [-0.2, -0.15) is 0 Å². The summed E-state index contributed by atoms with van der Waals surface area (Å²) in [5.74, 6) is 0.311. The minimum absolute atomic E-state index is 0. The molecule has 1 aromatic carbocycles. The fourth-order valence-corrected chi connectivity index (χ4v) is 2.65. The smallest absolute Gasteiger partial charge is 0.320 e. The molecular weight excluding hydrogens is 332 g/mol. The molecule has 2 atom stereocenters. The lowest BCUT2D eigenvalue weighted by Gasteiger charge is -2.15. The molecule has 0 spiro atoms. The summed E-state index contributed by atoms with van der Waals surface area (Å²) in [5, 5.41) is 12.9. The van der Waals surface area contributed by atoms with Crippen molar-refractivity contribution in [3.8, 4) is 11.6 Å². The molecule has 1 aliphatic rings. The maximum atomic E-state index is 11.0. The van der Waals surface area contributed by atoms with Crippen LogP contribution in [0.2, 0.25) is 0 Å². The van der Waals surface area contributed by atoms with E-state index in [4.69, 9.17) is 14.6 Å². The highest BCUT2D eigenvalue weighted by Gasteiger charge is 2.31. The van der Waals surface area contributed by atoms with Gasteiger partial charge in [-0.05, 0) is 18.2 Å². The quantitative estimate of drug-likeness (QED) is 0.862. The molecule has 3 rings (SSSR count). The fourth-order valence-electron chi connectivity index (χ4n) is 2.65. The predicted octanol–water partition coefficient (Wildman–Crippen LogP) is 2.50. The number of rotatable bonds is 5. The number of carboxylic acid groups (broad SMARTS) is 1. The van der Waals surface area contributed by atoms with E-state index in [1.807, 2.05) is 24.3 Å². The number of carboxylic acids is 1. The second-order valence-corrected chi connectivity index (χ2v) is 5.42. The normalized spacial score (nSPS) is 19.5. The van der Waals surface area contributed by atoms with Gasteiger partial charge in [-0.1, -0.05) is 12.7 Å². The average Bonchev–Trinajstić information content (AvgIpc) is 3.02. The van der Waals surface area contributed by atoms with E-state index in [1.54, 1.807) is 13.2 Å². The molecule has 2 aromatic rings. The van der Waals surface area contributed by atoms with Gasteiger partial charge in [0.15, 0.2) is 0 Å². The number of carbonyl (C=O) groups is 1. The highest BCUT2D eigenvalue weighted by molar-refractivity contribution is 5.85. The van der Waals surface area contributed by atoms with Gasteiger partial charge in [0.2, 0.25) is 5.88 Å². The predicted molar refractivity (Wildman–Crippen MR) is 94.1 cm³/mol. The Balaban J connectivity index is 0.00000208. The van der Waals surface area contributed by atoms with Crippen molar-refractivity contribution >= 4 is 35.4 Å². The molecule has 1 aromatic heterocycles. The molecule has 1 fully saturated rings. The van der Waals surface area contributed by atoms with Gasteiger partial charge in [-0.3, -0.25) is 4.79 Å². The first-order valence-electron chi connectivity index (χ1n) is 7.35. The fraction of sp³-hybridized carbons (Fsp3) is 0.294. The first-order valence-corrected chi connectivity index (χ1v) is 7.35. The summed E-state index contributed by atoms with van der Waals surface area (Å²) in [6.07, 6.45) is 1.86. The van der Waals surface area contributed by atoms with Crippen LogP contribution in [0, 0.1) is 0 Å². The Kier molecular flexibility index (Phi) is 5.64. The van der Waals surface area contributed by atoms with E-state index in [0.29, 0.717) is 18.8 Å². The molecule has 1 saturated heterocycles. The van der Waals surface area contributed by atoms with Gasteiger partial charge >= 0.3 is 5.97 Å². The zero-order chi connectivity index (χ0) is 16.4. The summed E-state index contributed by atoms with van der Waals surface area (Å²) < 4.78 is 11.1. The lowest BCUT2D eigenvalue weighted by atomic mass is 10.1. The Morgan fingerprint density at radius 1 is 1.46 bits per heavy atom. The number of hydrogen-bond acceptors (Lipinski definition) is 5.